The van der Waals surface area contributed by atoms with Gasteiger partial charge < -0.3 is 20.6 Å². The molecule has 0 aromatic heterocycles. The van der Waals surface area contributed by atoms with E-state index in [0.29, 0.717) is 17.7 Å². The van der Waals surface area contributed by atoms with Crippen molar-refractivity contribution in [2.24, 2.45) is 0 Å². The van der Waals surface area contributed by atoms with E-state index in [9.17, 15) is 19.6 Å². The lowest BCUT2D eigenvalue weighted by atomic mass is 10.0. The lowest BCUT2D eigenvalue weighted by Gasteiger charge is -2.42. The number of hydrogen-bond acceptors (Lipinski definition) is 8. The van der Waals surface area contributed by atoms with Crippen molar-refractivity contribution >= 4 is 23.4 Å². The van der Waals surface area contributed by atoms with Gasteiger partial charge in [0.15, 0.2) is 6.04 Å². The van der Waals surface area contributed by atoms with Gasteiger partial charge in [0.05, 0.1) is 18.3 Å². The number of hydroxylamine groups is 3. The highest BCUT2D eigenvalue weighted by Crippen LogP contribution is 2.37. The number of morpholine rings is 1. The zero-order valence-corrected chi connectivity index (χ0v) is 18.4. The maximum absolute atomic E-state index is 13.5. The number of anilines is 1. The van der Waals surface area contributed by atoms with Gasteiger partial charge in [-0.3, -0.25) is 24.5 Å². The van der Waals surface area contributed by atoms with Crippen molar-refractivity contribution in [3.8, 4) is 0 Å². The molecule has 2 fully saturated rings. The van der Waals surface area contributed by atoms with E-state index in [4.69, 9.17) is 4.74 Å². The number of ether oxygens (including phenoxy) is 1. The minimum absolute atomic E-state index is 0.0735. The molecule has 3 N–H and O–H groups in total. The minimum Gasteiger partial charge on any atom is -0.624 e. The summed E-state index contributed by atoms with van der Waals surface area (Å²) in [6.07, 6.45) is 1.28. The predicted octanol–water partition coefficient (Wildman–Crippen LogP) is 0.182. The minimum atomic E-state index is -1.26. The smallest absolute Gasteiger partial charge is 0.347 e. The maximum atomic E-state index is 13.5. The Kier molecular flexibility index (Phi) is 6.87. The van der Waals surface area contributed by atoms with Crippen LogP contribution >= 0.6 is 0 Å². The summed E-state index contributed by atoms with van der Waals surface area (Å²) in [5.41, 5.74) is 1.77. The van der Waals surface area contributed by atoms with Gasteiger partial charge in [-0.25, -0.2) is 4.79 Å². The lowest BCUT2D eigenvalue weighted by molar-refractivity contribution is -0.825. The molecule has 1 aromatic rings. The summed E-state index contributed by atoms with van der Waals surface area (Å²) in [7, 11) is 1.92. The fourth-order valence-corrected chi connectivity index (χ4v) is 4.83. The van der Waals surface area contributed by atoms with E-state index in [1.54, 1.807) is 12.1 Å². The molecule has 10 nitrogen and oxygen atoms in total. The van der Waals surface area contributed by atoms with Crippen LogP contribution in [0.5, 0.6) is 0 Å². The van der Waals surface area contributed by atoms with Crippen LogP contribution in [-0.4, -0.2) is 85.8 Å². The number of quaternary nitrogens is 1. The molecule has 0 spiro atoms. The number of amides is 3. The fourth-order valence-electron chi connectivity index (χ4n) is 4.83. The Hall–Kier alpha value is -2.37. The van der Waals surface area contributed by atoms with E-state index in [-0.39, 0.29) is 25.5 Å². The second kappa shape index (κ2) is 9.63. The van der Waals surface area contributed by atoms with Crippen LogP contribution in [0.15, 0.2) is 18.2 Å². The number of carbonyl (C=O) groups is 3. The van der Waals surface area contributed by atoms with Gasteiger partial charge in [0, 0.05) is 56.8 Å². The molecule has 3 aliphatic rings. The molecule has 3 atom stereocenters. The molecule has 4 rings (SSSR count). The van der Waals surface area contributed by atoms with Crippen molar-refractivity contribution < 1.29 is 23.8 Å². The molecule has 3 aliphatic heterocycles. The molecular formula is C22H31N5O5. The molecular weight excluding hydrogens is 414 g/mol. The molecule has 1 aromatic carbocycles. The van der Waals surface area contributed by atoms with Crippen LogP contribution in [0.4, 0.5) is 5.69 Å². The second-order valence-electron chi connectivity index (χ2n) is 8.69. The first-order valence-electron chi connectivity index (χ1n) is 11.2. The normalized spacial score (nSPS) is 28.5. The average Bonchev–Trinajstić information content (AvgIpc) is 3.03. The summed E-state index contributed by atoms with van der Waals surface area (Å²) < 4.78 is 4.48. The number of rotatable bonds is 8. The first-order valence-corrected chi connectivity index (χ1v) is 11.2. The number of benzene rings is 1. The van der Waals surface area contributed by atoms with Crippen molar-refractivity contribution in [3.05, 3.63) is 34.5 Å². The Labute approximate surface area is 187 Å². The molecule has 2 saturated heterocycles. The highest BCUT2D eigenvalue weighted by molar-refractivity contribution is 6.02. The van der Waals surface area contributed by atoms with Crippen molar-refractivity contribution in [2.45, 2.75) is 38.0 Å². The van der Waals surface area contributed by atoms with Gasteiger partial charge in [0.25, 0.3) is 5.91 Å². The molecule has 10 heteroatoms. The Bertz CT molecular complexity index is 891. The number of likely N-dealkylation sites (N-methyl/N-ethyl adjacent to an activating group) is 1. The van der Waals surface area contributed by atoms with E-state index >= 15 is 0 Å². The molecule has 3 heterocycles. The molecule has 3 amide bonds. The third kappa shape index (κ3) is 4.55. The van der Waals surface area contributed by atoms with Crippen LogP contribution in [-0.2, 0) is 20.9 Å². The number of hydrogen-bond donors (Lipinski definition) is 3. The summed E-state index contributed by atoms with van der Waals surface area (Å²) in [5, 5.41) is 22.2. The molecule has 0 aliphatic carbocycles. The number of carbonyl (C=O) groups excluding carboxylic acids is 3. The van der Waals surface area contributed by atoms with Crippen LogP contribution in [0.1, 0.15) is 35.2 Å². The summed E-state index contributed by atoms with van der Waals surface area (Å²) in [4.78, 5) is 39.1. The maximum Gasteiger partial charge on any atom is 0.347 e. The van der Waals surface area contributed by atoms with Gasteiger partial charge in [-0.2, -0.15) is 0 Å². The Balaban J connectivity index is 1.36. The van der Waals surface area contributed by atoms with Crippen molar-refractivity contribution in [1.29, 1.82) is 0 Å². The Morgan fingerprint density at radius 1 is 1.31 bits per heavy atom. The van der Waals surface area contributed by atoms with Gasteiger partial charge in [-0.05, 0) is 25.6 Å². The van der Waals surface area contributed by atoms with Crippen LogP contribution in [0.3, 0.4) is 0 Å². The number of piperidine rings is 1. The molecule has 2 unspecified atom stereocenters. The van der Waals surface area contributed by atoms with Gasteiger partial charge >= 0.3 is 5.91 Å². The second-order valence-corrected chi connectivity index (χ2v) is 8.69. The number of nitrogens with one attached hydrogen (secondary N) is 3. The topological polar surface area (TPSA) is 123 Å². The zero-order valence-electron chi connectivity index (χ0n) is 18.4. The monoisotopic (exact) mass is 445 g/mol. The van der Waals surface area contributed by atoms with E-state index in [1.165, 1.54) is 0 Å². The number of fused-ring (bicyclic) bond motifs is 1. The Morgan fingerprint density at radius 2 is 2.16 bits per heavy atom. The SMILES string of the molecule is CNC[C@H]1CN(CCCNc2cccc3c2C[N+]([O-])(C2CCC(=O)NC2=O)C3=O)CCO1. The standard InChI is InChI=1S/C22H31N5O5/c1-23-12-15-13-26(10-11-32-15)9-3-8-24-18-5-2-4-16-17(18)14-27(31,22(16)30)19-6-7-20(28)25-21(19)29/h2,4-5,15,19,23-24H,3,6-14H2,1H3,(H,25,28,29)/t15-,19?,27?/m0/s1. The fraction of sp³-hybridized carbons (Fsp3) is 0.591. The number of nitrogens with zero attached hydrogens (tertiary/aromatic N) is 2. The largest absolute Gasteiger partial charge is 0.624 e. The van der Waals surface area contributed by atoms with Crippen LogP contribution in [0, 0.1) is 5.21 Å². The highest BCUT2D eigenvalue weighted by atomic mass is 16.6. The van der Waals surface area contributed by atoms with Crippen LogP contribution < -0.4 is 16.0 Å². The van der Waals surface area contributed by atoms with Crippen LogP contribution in [0.25, 0.3) is 0 Å². The summed E-state index contributed by atoms with van der Waals surface area (Å²) in [5.74, 6) is -1.67. The molecule has 0 radical (unpaired) electrons. The number of imide groups is 1. The summed E-state index contributed by atoms with van der Waals surface area (Å²) in [6.45, 7) is 4.92. The first-order chi connectivity index (χ1) is 15.4. The average molecular weight is 446 g/mol. The van der Waals surface area contributed by atoms with E-state index in [1.807, 2.05) is 13.1 Å². The third-order valence-electron chi connectivity index (χ3n) is 6.48. The van der Waals surface area contributed by atoms with Gasteiger partial charge in [0.1, 0.15) is 6.54 Å². The zero-order chi connectivity index (χ0) is 22.7. The molecule has 0 bridgehead atoms. The summed E-state index contributed by atoms with van der Waals surface area (Å²) in [6, 6.07) is 4.17. The summed E-state index contributed by atoms with van der Waals surface area (Å²) >= 11 is 0. The van der Waals surface area contributed by atoms with E-state index < -0.39 is 28.4 Å². The van der Waals surface area contributed by atoms with E-state index in [0.717, 1.165) is 44.9 Å². The Morgan fingerprint density at radius 3 is 2.94 bits per heavy atom. The van der Waals surface area contributed by atoms with Gasteiger partial charge in [0.2, 0.25) is 5.91 Å². The first kappa shape index (κ1) is 22.8. The lowest BCUT2D eigenvalue weighted by Crippen LogP contribution is -2.60. The molecule has 32 heavy (non-hydrogen) atoms. The van der Waals surface area contributed by atoms with E-state index in [2.05, 4.69) is 20.9 Å². The molecule has 0 saturated carbocycles. The van der Waals surface area contributed by atoms with Gasteiger partial charge in [-0.1, -0.05) is 6.07 Å². The van der Waals surface area contributed by atoms with Gasteiger partial charge in [-0.15, -0.1) is 0 Å². The van der Waals surface area contributed by atoms with Crippen molar-refractivity contribution in [2.75, 3.05) is 51.7 Å². The highest BCUT2D eigenvalue weighted by Gasteiger charge is 2.50. The van der Waals surface area contributed by atoms with Crippen molar-refractivity contribution in [1.82, 2.24) is 15.5 Å². The third-order valence-corrected chi connectivity index (χ3v) is 6.48. The van der Waals surface area contributed by atoms with Crippen molar-refractivity contribution in [3.63, 3.8) is 0 Å². The molecule has 174 valence electrons. The quantitative estimate of drug-likeness (QED) is 0.224. The van der Waals surface area contributed by atoms with Crippen LogP contribution in [0.2, 0.25) is 0 Å². The predicted molar refractivity (Wildman–Crippen MR) is 117 cm³/mol.